The maximum atomic E-state index is 5.12. The molecule has 7 nitrogen and oxygen atoms in total. The van der Waals surface area contributed by atoms with Crippen molar-refractivity contribution in [2.45, 2.75) is 39.2 Å². The van der Waals surface area contributed by atoms with Gasteiger partial charge in [0.2, 0.25) is 11.9 Å². The molecule has 0 bridgehead atoms. The van der Waals surface area contributed by atoms with Gasteiger partial charge in [-0.3, -0.25) is 4.90 Å². The van der Waals surface area contributed by atoms with Crippen molar-refractivity contribution >= 4 is 11.9 Å². The quantitative estimate of drug-likeness (QED) is 0.679. The number of hydrogen-bond acceptors (Lipinski definition) is 7. The predicted molar refractivity (Wildman–Crippen MR) is 83.9 cm³/mol. The Morgan fingerprint density at radius 2 is 1.76 bits per heavy atom. The molecule has 2 rings (SSSR count). The summed E-state index contributed by atoms with van der Waals surface area (Å²) in [4.78, 5) is 15.3. The smallest absolute Gasteiger partial charge is 0.322 e. The van der Waals surface area contributed by atoms with Crippen molar-refractivity contribution in [1.82, 2.24) is 19.9 Å². The highest BCUT2D eigenvalue weighted by molar-refractivity contribution is 5.35. The third-order valence-corrected chi connectivity index (χ3v) is 3.48. The van der Waals surface area contributed by atoms with Crippen molar-refractivity contribution in [3.05, 3.63) is 0 Å². The van der Waals surface area contributed by atoms with E-state index in [0.29, 0.717) is 17.9 Å². The number of ether oxygens (including phenoxy) is 1. The molecule has 2 N–H and O–H groups in total. The van der Waals surface area contributed by atoms with Crippen LogP contribution >= 0.6 is 0 Å². The van der Waals surface area contributed by atoms with Crippen molar-refractivity contribution in [1.29, 1.82) is 0 Å². The van der Waals surface area contributed by atoms with Crippen LogP contribution in [0.15, 0.2) is 0 Å². The van der Waals surface area contributed by atoms with Gasteiger partial charge in [-0.1, -0.05) is 13.8 Å². The highest BCUT2D eigenvalue weighted by Crippen LogP contribution is 2.25. The van der Waals surface area contributed by atoms with Gasteiger partial charge in [0.15, 0.2) is 0 Å². The Morgan fingerprint density at radius 3 is 2.29 bits per heavy atom. The average molecular weight is 294 g/mol. The Bertz CT molecular complexity index is 437. The highest BCUT2D eigenvalue weighted by Gasteiger charge is 2.27. The number of hydrogen-bond donors (Lipinski definition) is 2. The number of nitrogens with one attached hydrogen (secondary N) is 2. The van der Waals surface area contributed by atoms with Crippen LogP contribution in [0.5, 0.6) is 6.01 Å². The first-order chi connectivity index (χ1) is 10.3. The fourth-order valence-corrected chi connectivity index (χ4v) is 2.19. The highest BCUT2D eigenvalue weighted by atomic mass is 16.5. The van der Waals surface area contributed by atoms with Gasteiger partial charge in [-0.25, -0.2) is 0 Å². The molecule has 1 aromatic heterocycles. The van der Waals surface area contributed by atoms with Crippen molar-refractivity contribution < 1.29 is 4.74 Å². The maximum absolute atomic E-state index is 5.12. The van der Waals surface area contributed by atoms with Gasteiger partial charge < -0.3 is 15.4 Å². The molecule has 1 saturated carbocycles. The normalized spacial score (nSPS) is 14.3. The summed E-state index contributed by atoms with van der Waals surface area (Å²) < 4.78 is 5.12. The molecule has 0 radical (unpaired) electrons. The van der Waals surface area contributed by atoms with Gasteiger partial charge in [-0.15, -0.1) is 0 Å². The van der Waals surface area contributed by atoms with E-state index in [2.05, 4.69) is 44.3 Å². The van der Waals surface area contributed by atoms with E-state index in [1.807, 2.05) is 0 Å². The van der Waals surface area contributed by atoms with Crippen LogP contribution in [0.3, 0.4) is 0 Å². The molecule has 21 heavy (non-hydrogen) atoms. The van der Waals surface area contributed by atoms with E-state index in [1.54, 1.807) is 7.11 Å². The minimum atomic E-state index is 0.334. The van der Waals surface area contributed by atoms with Gasteiger partial charge in [-0.2, -0.15) is 15.0 Å². The fourth-order valence-electron chi connectivity index (χ4n) is 2.19. The summed E-state index contributed by atoms with van der Waals surface area (Å²) in [6.07, 6.45) is 3.68. The van der Waals surface area contributed by atoms with Gasteiger partial charge in [-0.05, 0) is 25.8 Å². The van der Waals surface area contributed by atoms with Crippen LogP contribution in [0.2, 0.25) is 0 Å². The van der Waals surface area contributed by atoms with Crippen LogP contribution in [-0.4, -0.2) is 59.2 Å². The van der Waals surface area contributed by atoms with Crippen LogP contribution < -0.4 is 15.4 Å². The molecule has 118 valence electrons. The van der Waals surface area contributed by atoms with Crippen LogP contribution in [0.4, 0.5) is 11.9 Å². The summed E-state index contributed by atoms with van der Waals surface area (Å²) >= 11 is 0. The third-order valence-electron chi connectivity index (χ3n) is 3.48. The number of anilines is 2. The lowest BCUT2D eigenvalue weighted by Gasteiger charge is -2.19. The van der Waals surface area contributed by atoms with Gasteiger partial charge in [0.1, 0.15) is 0 Å². The molecule has 0 spiro atoms. The molecule has 1 aliphatic rings. The molecule has 1 aliphatic carbocycles. The number of aromatic nitrogens is 3. The molecule has 0 atom stereocenters. The molecule has 0 saturated heterocycles. The first-order valence-electron chi connectivity index (χ1n) is 7.78. The van der Waals surface area contributed by atoms with Crippen LogP contribution in [-0.2, 0) is 0 Å². The lowest BCUT2D eigenvalue weighted by atomic mass is 10.4. The van der Waals surface area contributed by atoms with Gasteiger partial charge in [0.25, 0.3) is 0 Å². The fraction of sp³-hybridized carbons (Fsp3) is 0.786. The molecular formula is C14H26N6O. The van der Waals surface area contributed by atoms with Crippen molar-refractivity contribution in [3.63, 3.8) is 0 Å². The largest absolute Gasteiger partial charge is 0.467 e. The SMILES string of the molecule is CCCNc1nc(NCCN(CC)C2CC2)nc(OC)n1. The maximum Gasteiger partial charge on any atom is 0.322 e. The second-order valence-electron chi connectivity index (χ2n) is 5.18. The lowest BCUT2D eigenvalue weighted by molar-refractivity contribution is 0.288. The molecule has 0 aliphatic heterocycles. The Kier molecular flexibility index (Phi) is 5.98. The molecule has 1 fully saturated rings. The van der Waals surface area contributed by atoms with Crippen LogP contribution in [0, 0.1) is 0 Å². The zero-order valence-electron chi connectivity index (χ0n) is 13.2. The van der Waals surface area contributed by atoms with Crippen molar-refractivity contribution in [3.8, 4) is 6.01 Å². The number of rotatable bonds is 10. The minimum Gasteiger partial charge on any atom is -0.467 e. The molecule has 1 heterocycles. The van der Waals surface area contributed by atoms with Crippen molar-refractivity contribution in [2.75, 3.05) is 43.9 Å². The Balaban J connectivity index is 1.88. The minimum absolute atomic E-state index is 0.334. The van der Waals surface area contributed by atoms with Crippen LogP contribution in [0.25, 0.3) is 0 Å². The first-order valence-corrected chi connectivity index (χ1v) is 7.78. The van der Waals surface area contributed by atoms with Gasteiger partial charge >= 0.3 is 6.01 Å². The lowest BCUT2D eigenvalue weighted by Crippen LogP contribution is -2.31. The summed E-state index contributed by atoms with van der Waals surface area (Å²) in [5.41, 5.74) is 0. The summed E-state index contributed by atoms with van der Waals surface area (Å²) in [5.74, 6) is 1.12. The van der Waals surface area contributed by atoms with Gasteiger partial charge in [0, 0.05) is 25.7 Å². The zero-order valence-corrected chi connectivity index (χ0v) is 13.2. The molecular weight excluding hydrogens is 268 g/mol. The van der Waals surface area contributed by atoms with Gasteiger partial charge in [0.05, 0.1) is 7.11 Å². The molecule has 0 unspecified atom stereocenters. The predicted octanol–water partition coefficient (Wildman–Crippen LogP) is 1.60. The standard InChI is InChI=1S/C14H26N6O/c1-4-8-15-12-17-13(19-14(18-12)21-3)16-9-10-20(5-2)11-6-7-11/h11H,4-10H2,1-3H3,(H2,15,16,17,18,19). The zero-order chi connectivity index (χ0) is 15.1. The van der Waals surface area contributed by atoms with E-state index in [-0.39, 0.29) is 0 Å². The van der Waals surface area contributed by atoms with E-state index in [4.69, 9.17) is 4.74 Å². The summed E-state index contributed by atoms with van der Waals surface area (Å²) in [5, 5.41) is 6.42. The Hall–Kier alpha value is -1.63. The van der Waals surface area contributed by atoms with E-state index >= 15 is 0 Å². The summed E-state index contributed by atoms with van der Waals surface area (Å²) in [6.45, 7) is 8.06. The topological polar surface area (TPSA) is 75.2 Å². The molecule has 0 aromatic carbocycles. The third kappa shape index (κ3) is 5.00. The molecule has 1 aromatic rings. The molecule has 7 heteroatoms. The van der Waals surface area contributed by atoms with E-state index in [9.17, 15) is 0 Å². The summed E-state index contributed by atoms with van der Waals surface area (Å²) in [6, 6.07) is 1.12. The second kappa shape index (κ2) is 7.97. The van der Waals surface area contributed by atoms with E-state index in [0.717, 1.165) is 38.6 Å². The number of methoxy groups -OCH3 is 1. The number of likely N-dealkylation sites (N-methyl/N-ethyl adjacent to an activating group) is 1. The van der Waals surface area contributed by atoms with E-state index in [1.165, 1.54) is 12.8 Å². The first kappa shape index (κ1) is 15.8. The second-order valence-corrected chi connectivity index (χ2v) is 5.18. The Morgan fingerprint density at radius 1 is 1.10 bits per heavy atom. The van der Waals surface area contributed by atoms with E-state index < -0.39 is 0 Å². The number of nitrogens with zero attached hydrogens (tertiary/aromatic N) is 4. The Labute approximate surface area is 126 Å². The molecule has 0 amide bonds. The van der Waals surface area contributed by atoms with Crippen LogP contribution in [0.1, 0.15) is 33.1 Å². The summed E-state index contributed by atoms with van der Waals surface area (Å²) in [7, 11) is 1.56. The van der Waals surface area contributed by atoms with Crippen molar-refractivity contribution in [2.24, 2.45) is 0 Å². The monoisotopic (exact) mass is 294 g/mol. The average Bonchev–Trinajstić information content (AvgIpc) is 3.34.